The maximum atomic E-state index is 6.46. The van der Waals surface area contributed by atoms with Crippen LogP contribution in [0.5, 0.6) is 5.75 Å². The van der Waals surface area contributed by atoms with Crippen molar-refractivity contribution < 1.29 is 4.43 Å². The molecule has 1 aliphatic rings. The Hall–Kier alpha value is -0.963. The van der Waals surface area contributed by atoms with E-state index in [1.807, 2.05) is 0 Å². The molecule has 0 atom stereocenters. The van der Waals surface area contributed by atoms with Crippen LogP contribution in [-0.4, -0.2) is 14.9 Å². The van der Waals surface area contributed by atoms with Crippen molar-refractivity contribution in [2.45, 2.75) is 51.7 Å². The number of fused-ring (bicyclic) bond motifs is 1. The summed E-state index contributed by atoms with van der Waals surface area (Å²) in [7, 11) is -1.73. The SMILES string of the molecule is CC(C)(C)[Si](C)(C)Oc1cccc2c1CCCN2. The minimum Gasteiger partial charge on any atom is -0.543 e. The average molecular weight is 263 g/mol. The zero-order chi connectivity index (χ0) is 13.4. The Morgan fingerprint density at radius 2 is 1.94 bits per heavy atom. The smallest absolute Gasteiger partial charge is 0.250 e. The van der Waals surface area contributed by atoms with Crippen LogP contribution in [0.4, 0.5) is 5.69 Å². The normalized spacial score (nSPS) is 15.8. The van der Waals surface area contributed by atoms with Crippen LogP contribution < -0.4 is 9.74 Å². The minimum atomic E-state index is -1.73. The van der Waals surface area contributed by atoms with Crippen molar-refractivity contribution in [3.05, 3.63) is 23.8 Å². The third-order valence-corrected chi connectivity index (χ3v) is 8.57. The molecule has 0 bridgehead atoms. The maximum absolute atomic E-state index is 6.46. The molecule has 18 heavy (non-hydrogen) atoms. The number of nitrogens with one attached hydrogen (secondary N) is 1. The zero-order valence-electron chi connectivity index (χ0n) is 12.3. The van der Waals surface area contributed by atoms with E-state index in [2.05, 4.69) is 57.4 Å². The second-order valence-corrected chi connectivity index (χ2v) is 11.4. The second-order valence-electron chi connectivity index (χ2n) is 6.67. The summed E-state index contributed by atoms with van der Waals surface area (Å²) in [5.74, 6) is 1.10. The Bertz CT molecular complexity index is 435. The highest BCUT2D eigenvalue weighted by Crippen LogP contribution is 2.40. The lowest BCUT2D eigenvalue weighted by molar-refractivity contribution is 0.486. The summed E-state index contributed by atoms with van der Waals surface area (Å²) in [6.45, 7) is 12.6. The van der Waals surface area contributed by atoms with Gasteiger partial charge in [0.1, 0.15) is 5.75 Å². The van der Waals surface area contributed by atoms with Crippen molar-refractivity contribution >= 4 is 14.0 Å². The molecule has 0 spiro atoms. The van der Waals surface area contributed by atoms with Crippen LogP contribution in [0.3, 0.4) is 0 Å². The number of rotatable bonds is 2. The number of anilines is 1. The fraction of sp³-hybridized carbons (Fsp3) is 0.600. The van der Waals surface area contributed by atoms with Gasteiger partial charge in [-0.25, -0.2) is 0 Å². The van der Waals surface area contributed by atoms with Crippen LogP contribution in [0.15, 0.2) is 18.2 Å². The molecule has 1 aliphatic heterocycles. The summed E-state index contributed by atoms with van der Waals surface area (Å²) in [6, 6.07) is 6.39. The molecular formula is C15H25NOSi. The third kappa shape index (κ3) is 2.56. The second kappa shape index (κ2) is 4.61. The molecule has 1 aromatic rings. The van der Waals surface area contributed by atoms with Gasteiger partial charge in [0.2, 0.25) is 8.32 Å². The summed E-state index contributed by atoms with van der Waals surface area (Å²) in [5, 5.41) is 3.71. The Labute approximate surface area is 112 Å². The van der Waals surface area contributed by atoms with Crippen molar-refractivity contribution in [3.63, 3.8) is 0 Å². The van der Waals surface area contributed by atoms with E-state index in [0.29, 0.717) is 0 Å². The fourth-order valence-corrected chi connectivity index (χ4v) is 3.05. The molecule has 0 unspecified atom stereocenters. The van der Waals surface area contributed by atoms with Crippen LogP contribution in [0, 0.1) is 0 Å². The van der Waals surface area contributed by atoms with Crippen LogP contribution in [0.1, 0.15) is 32.8 Å². The highest BCUT2D eigenvalue weighted by molar-refractivity contribution is 6.74. The van der Waals surface area contributed by atoms with Crippen LogP contribution in [0.2, 0.25) is 18.1 Å². The van der Waals surface area contributed by atoms with Gasteiger partial charge in [-0.1, -0.05) is 26.8 Å². The average Bonchev–Trinajstić information content (AvgIpc) is 2.27. The summed E-state index contributed by atoms with van der Waals surface area (Å²) in [5.41, 5.74) is 2.63. The van der Waals surface area contributed by atoms with Crippen molar-refractivity contribution in [2.75, 3.05) is 11.9 Å². The zero-order valence-corrected chi connectivity index (χ0v) is 13.3. The predicted molar refractivity (Wildman–Crippen MR) is 81.1 cm³/mol. The van der Waals surface area contributed by atoms with Gasteiger partial charge in [-0.05, 0) is 43.1 Å². The van der Waals surface area contributed by atoms with E-state index < -0.39 is 8.32 Å². The highest BCUT2D eigenvalue weighted by Gasteiger charge is 2.39. The quantitative estimate of drug-likeness (QED) is 0.797. The van der Waals surface area contributed by atoms with Crippen LogP contribution in [0.25, 0.3) is 0 Å². The Morgan fingerprint density at radius 3 is 2.61 bits per heavy atom. The molecule has 0 radical (unpaired) electrons. The molecule has 100 valence electrons. The van der Waals surface area contributed by atoms with Gasteiger partial charge in [0.15, 0.2) is 0 Å². The van der Waals surface area contributed by atoms with Gasteiger partial charge in [0.05, 0.1) is 0 Å². The molecule has 1 heterocycles. The highest BCUT2D eigenvalue weighted by atomic mass is 28.4. The first kappa shape index (κ1) is 13.5. The molecule has 2 rings (SSSR count). The molecule has 2 nitrogen and oxygen atoms in total. The van der Waals surface area contributed by atoms with Gasteiger partial charge >= 0.3 is 0 Å². The van der Waals surface area contributed by atoms with Crippen LogP contribution in [-0.2, 0) is 6.42 Å². The van der Waals surface area contributed by atoms with Crippen LogP contribution >= 0.6 is 0 Å². The number of benzene rings is 1. The Kier molecular flexibility index (Phi) is 3.45. The monoisotopic (exact) mass is 263 g/mol. The van der Waals surface area contributed by atoms with Gasteiger partial charge in [0, 0.05) is 17.8 Å². The summed E-state index contributed by atoms with van der Waals surface area (Å²) >= 11 is 0. The topological polar surface area (TPSA) is 21.3 Å². The molecule has 0 saturated carbocycles. The lowest BCUT2D eigenvalue weighted by atomic mass is 10.0. The molecule has 0 aromatic heterocycles. The van der Waals surface area contributed by atoms with Crippen molar-refractivity contribution in [1.29, 1.82) is 0 Å². The lowest BCUT2D eigenvalue weighted by Crippen LogP contribution is -2.44. The first-order valence-corrected chi connectivity index (χ1v) is 9.77. The van der Waals surface area contributed by atoms with Gasteiger partial charge in [-0.3, -0.25) is 0 Å². The van der Waals surface area contributed by atoms with E-state index in [4.69, 9.17) is 4.43 Å². The summed E-state index contributed by atoms with van der Waals surface area (Å²) in [4.78, 5) is 0. The van der Waals surface area contributed by atoms with E-state index in [1.165, 1.54) is 17.7 Å². The van der Waals surface area contributed by atoms with Gasteiger partial charge in [-0.2, -0.15) is 0 Å². The van der Waals surface area contributed by atoms with Gasteiger partial charge in [-0.15, -0.1) is 0 Å². The molecule has 0 fully saturated rings. The lowest BCUT2D eigenvalue weighted by Gasteiger charge is -2.37. The maximum Gasteiger partial charge on any atom is 0.250 e. The third-order valence-electron chi connectivity index (χ3n) is 4.22. The van der Waals surface area contributed by atoms with E-state index in [-0.39, 0.29) is 5.04 Å². The minimum absolute atomic E-state index is 0.248. The number of hydrogen-bond acceptors (Lipinski definition) is 2. The molecule has 1 N–H and O–H groups in total. The molecule has 0 aliphatic carbocycles. The molecule has 0 saturated heterocycles. The summed E-state index contributed by atoms with van der Waals surface area (Å²) < 4.78 is 6.46. The van der Waals surface area contributed by atoms with Gasteiger partial charge in [0.25, 0.3) is 0 Å². The molecule has 1 aromatic carbocycles. The molecule has 3 heteroatoms. The first-order chi connectivity index (χ1) is 8.31. The standard InChI is InChI=1S/C15H25NOSi/c1-15(2,3)18(4,5)17-14-10-6-9-13-12(14)8-7-11-16-13/h6,9-10,16H,7-8,11H2,1-5H3. The van der Waals surface area contributed by atoms with Crippen molar-refractivity contribution in [1.82, 2.24) is 0 Å². The van der Waals surface area contributed by atoms with Crippen molar-refractivity contribution in [2.24, 2.45) is 0 Å². The van der Waals surface area contributed by atoms with Crippen molar-refractivity contribution in [3.8, 4) is 5.75 Å². The first-order valence-electron chi connectivity index (χ1n) is 6.86. The Balaban J connectivity index is 2.30. The Morgan fingerprint density at radius 1 is 1.22 bits per heavy atom. The fourth-order valence-electron chi connectivity index (χ4n) is 2.00. The predicted octanol–water partition coefficient (Wildman–Crippen LogP) is 4.43. The largest absolute Gasteiger partial charge is 0.543 e. The van der Waals surface area contributed by atoms with E-state index in [9.17, 15) is 0 Å². The van der Waals surface area contributed by atoms with E-state index in [0.717, 1.165) is 18.7 Å². The molecule has 0 amide bonds. The molecular weight excluding hydrogens is 238 g/mol. The van der Waals surface area contributed by atoms with Gasteiger partial charge < -0.3 is 9.74 Å². The summed E-state index contributed by atoms with van der Waals surface area (Å²) in [6.07, 6.45) is 2.33. The number of hydrogen-bond donors (Lipinski definition) is 1. The van der Waals surface area contributed by atoms with E-state index >= 15 is 0 Å². The van der Waals surface area contributed by atoms with E-state index in [1.54, 1.807) is 0 Å².